The minimum absolute atomic E-state index is 0.142. The van der Waals surface area contributed by atoms with Gasteiger partial charge in [0, 0.05) is 18.7 Å². The first kappa shape index (κ1) is 15.0. The van der Waals surface area contributed by atoms with Gasteiger partial charge in [-0.05, 0) is 37.7 Å². The van der Waals surface area contributed by atoms with Crippen LogP contribution in [0.25, 0.3) is 0 Å². The zero-order valence-electron chi connectivity index (χ0n) is 12.8. The molecule has 1 aliphatic heterocycles. The number of benzene rings is 1. The van der Waals surface area contributed by atoms with E-state index in [1.54, 1.807) is 0 Å². The molecule has 2 fully saturated rings. The highest BCUT2D eigenvalue weighted by Gasteiger charge is 2.40. The van der Waals surface area contributed by atoms with Crippen molar-refractivity contribution in [2.45, 2.75) is 62.6 Å². The molecule has 1 saturated heterocycles. The lowest BCUT2D eigenvalue weighted by atomic mass is 9.88. The van der Waals surface area contributed by atoms with Crippen LogP contribution in [0, 0.1) is 0 Å². The smallest absolute Gasteiger partial charge is 0.0697 e. The lowest BCUT2D eigenvalue weighted by Gasteiger charge is -2.40. The van der Waals surface area contributed by atoms with Crippen LogP contribution in [0.2, 0.25) is 0 Å². The first-order valence-corrected chi connectivity index (χ1v) is 8.34. The first-order valence-electron chi connectivity index (χ1n) is 8.34. The molecule has 1 aromatic rings. The Morgan fingerprint density at radius 2 is 2.00 bits per heavy atom. The van der Waals surface area contributed by atoms with Gasteiger partial charge in [0.15, 0.2) is 0 Å². The van der Waals surface area contributed by atoms with Crippen LogP contribution in [-0.2, 0) is 11.2 Å². The molecule has 3 rings (SSSR count). The van der Waals surface area contributed by atoms with Crippen molar-refractivity contribution >= 4 is 0 Å². The quantitative estimate of drug-likeness (QED) is 0.875. The molecule has 116 valence electrons. The number of nitrogens with one attached hydrogen (secondary N) is 1. The highest BCUT2D eigenvalue weighted by atomic mass is 16.5. The van der Waals surface area contributed by atoms with Crippen LogP contribution in [-0.4, -0.2) is 36.0 Å². The Hall–Kier alpha value is -0.900. The van der Waals surface area contributed by atoms with Crippen molar-refractivity contribution in [3.05, 3.63) is 35.9 Å². The van der Waals surface area contributed by atoms with E-state index >= 15 is 0 Å². The second-order valence-corrected chi connectivity index (χ2v) is 6.66. The number of aliphatic hydroxyl groups is 1. The predicted octanol–water partition coefficient (Wildman–Crippen LogP) is 2.67. The fourth-order valence-electron chi connectivity index (χ4n) is 3.95. The maximum absolute atomic E-state index is 9.68. The summed E-state index contributed by atoms with van der Waals surface area (Å²) in [6, 6.07) is 11.1. The lowest BCUT2D eigenvalue weighted by Crippen LogP contribution is -2.50. The van der Waals surface area contributed by atoms with Gasteiger partial charge in [0.05, 0.1) is 12.2 Å². The van der Waals surface area contributed by atoms with Crippen molar-refractivity contribution in [3.8, 4) is 0 Å². The second kappa shape index (κ2) is 6.91. The highest BCUT2D eigenvalue weighted by Crippen LogP contribution is 2.40. The summed E-state index contributed by atoms with van der Waals surface area (Å²) in [6.07, 6.45) is 8.11. The molecule has 2 unspecified atom stereocenters. The normalized spacial score (nSPS) is 26.0. The van der Waals surface area contributed by atoms with Crippen molar-refractivity contribution in [2.75, 3.05) is 13.2 Å². The number of hydrogen-bond acceptors (Lipinski definition) is 3. The zero-order chi connectivity index (χ0) is 14.5. The van der Waals surface area contributed by atoms with E-state index in [0.717, 1.165) is 25.9 Å². The standard InChI is InChI=1S/C18H27NO2/c20-14-17(12-15-6-2-1-3-7-15)19-16-8-11-21-18(13-16)9-4-5-10-18/h1-3,6-7,16-17,19-20H,4-5,8-14H2. The monoisotopic (exact) mass is 289 g/mol. The Morgan fingerprint density at radius 3 is 2.71 bits per heavy atom. The van der Waals surface area contributed by atoms with Gasteiger partial charge in [0.1, 0.15) is 0 Å². The van der Waals surface area contributed by atoms with E-state index in [2.05, 4.69) is 29.6 Å². The van der Waals surface area contributed by atoms with Crippen molar-refractivity contribution in [2.24, 2.45) is 0 Å². The van der Waals surface area contributed by atoms with E-state index in [1.807, 2.05) is 6.07 Å². The van der Waals surface area contributed by atoms with Gasteiger partial charge < -0.3 is 15.2 Å². The summed E-state index contributed by atoms with van der Waals surface area (Å²) >= 11 is 0. The van der Waals surface area contributed by atoms with Crippen LogP contribution in [0.5, 0.6) is 0 Å². The van der Waals surface area contributed by atoms with Gasteiger partial charge in [-0.25, -0.2) is 0 Å². The fourth-order valence-corrected chi connectivity index (χ4v) is 3.95. The summed E-state index contributed by atoms with van der Waals surface area (Å²) < 4.78 is 6.09. The maximum atomic E-state index is 9.68. The molecular formula is C18H27NO2. The van der Waals surface area contributed by atoms with E-state index in [4.69, 9.17) is 4.74 Å². The van der Waals surface area contributed by atoms with Gasteiger partial charge in [0.25, 0.3) is 0 Å². The Kier molecular flexibility index (Phi) is 4.94. The molecule has 0 radical (unpaired) electrons. The average molecular weight is 289 g/mol. The number of rotatable bonds is 5. The summed E-state index contributed by atoms with van der Waals surface area (Å²) in [5.41, 5.74) is 1.43. The molecule has 1 heterocycles. The van der Waals surface area contributed by atoms with Crippen LogP contribution >= 0.6 is 0 Å². The van der Waals surface area contributed by atoms with Crippen LogP contribution in [0.15, 0.2) is 30.3 Å². The minimum Gasteiger partial charge on any atom is -0.395 e. The molecule has 2 aliphatic rings. The molecule has 3 nitrogen and oxygen atoms in total. The van der Waals surface area contributed by atoms with Gasteiger partial charge in [-0.15, -0.1) is 0 Å². The molecule has 0 aromatic heterocycles. The van der Waals surface area contributed by atoms with Crippen molar-refractivity contribution in [1.29, 1.82) is 0 Å². The highest BCUT2D eigenvalue weighted by molar-refractivity contribution is 5.16. The third-order valence-electron chi connectivity index (χ3n) is 5.02. The summed E-state index contributed by atoms with van der Waals surface area (Å²) in [5.74, 6) is 0. The lowest BCUT2D eigenvalue weighted by molar-refractivity contribution is -0.0852. The summed E-state index contributed by atoms with van der Waals surface area (Å²) in [6.45, 7) is 1.06. The Bertz CT molecular complexity index is 428. The third kappa shape index (κ3) is 3.85. The molecule has 1 aromatic carbocycles. The van der Waals surface area contributed by atoms with E-state index < -0.39 is 0 Å². The molecule has 0 bridgehead atoms. The van der Waals surface area contributed by atoms with Gasteiger partial charge in [0.2, 0.25) is 0 Å². The Labute approximate surface area is 127 Å². The summed E-state index contributed by atoms with van der Waals surface area (Å²) in [4.78, 5) is 0. The van der Waals surface area contributed by atoms with Crippen LogP contribution < -0.4 is 5.32 Å². The van der Waals surface area contributed by atoms with Crippen LogP contribution in [0.4, 0.5) is 0 Å². The van der Waals surface area contributed by atoms with E-state index in [0.29, 0.717) is 6.04 Å². The molecule has 2 N–H and O–H groups in total. The van der Waals surface area contributed by atoms with Crippen LogP contribution in [0.3, 0.4) is 0 Å². The zero-order valence-corrected chi connectivity index (χ0v) is 12.8. The number of aliphatic hydroxyl groups excluding tert-OH is 1. The predicted molar refractivity (Wildman–Crippen MR) is 84.3 cm³/mol. The van der Waals surface area contributed by atoms with Crippen molar-refractivity contribution in [3.63, 3.8) is 0 Å². The maximum Gasteiger partial charge on any atom is 0.0697 e. The minimum atomic E-state index is 0.142. The van der Waals surface area contributed by atoms with E-state index in [9.17, 15) is 5.11 Å². The van der Waals surface area contributed by atoms with Gasteiger partial charge in [-0.1, -0.05) is 43.2 Å². The summed E-state index contributed by atoms with van der Waals surface area (Å²) in [5, 5.41) is 13.4. The molecule has 21 heavy (non-hydrogen) atoms. The van der Waals surface area contributed by atoms with Crippen LogP contribution in [0.1, 0.15) is 44.1 Å². The largest absolute Gasteiger partial charge is 0.395 e. The molecular weight excluding hydrogens is 262 g/mol. The van der Waals surface area contributed by atoms with E-state index in [-0.39, 0.29) is 18.2 Å². The third-order valence-corrected chi connectivity index (χ3v) is 5.02. The SMILES string of the molecule is OCC(Cc1ccccc1)NC1CCOC2(CCCC2)C1. The van der Waals surface area contributed by atoms with Crippen molar-refractivity contribution in [1.82, 2.24) is 5.32 Å². The van der Waals surface area contributed by atoms with E-state index in [1.165, 1.54) is 31.2 Å². The Balaban J connectivity index is 1.56. The van der Waals surface area contributed by atoms with Gasteiger partial charge in [-0.3, -0.25) is 0 Å². The molecule has 1 aliphatic carbocycles. The topological polar surface area (TPSA) is 41.5 Å². The molecule has 0 amide bonds. The first-order chi connectivity index (χ1) is 10.3. The second-order valence-electron chi connectivity index (χ2n) is 6.66. The molecule has 2 atom stereocenters. The van der Waals surface area contributed by atoms with Gasteiger partial charge >= 0.3 is 0 Å². The fraction of sp³-hybridized carbons (Fsp3) is 0.667. The number of ether oxygens (including phenoxy) is 1. The Morgan fingerprint density at radius 1 is 1.24 bits per heavy atom. The molecule has 3 heteroatoms. The molecule has 1 spiro atoms. The number of hydrogen-bond donors (Lipinski definition) is 2. The summed E-state index contributed by atoms with van der Waals surface area (Å²) in [7, 11) is 0. The van der Waals surface area contributed by atoms with Crippen molar-refractivity contribution < 1.29 is 9.84 Å². The average Bonchev–Trinajstić information content (AvgIpc) is 2.95. The van der Waals surface area contributed by atoms with Gasteiger partial charge in [-0.2, -0.15) is 0 Å². The molecule has 1 saturated carbocycles.